The van der Waals surface area contributed by atoms with Crippen LogP contribution in [0.4, 0.5) is 26.3 Å². The van der Waals surface area contributed by atoms with Crippen molar-refractivity contribution >= 4 is 11.9 Å². The van der Waals surface area contributed by atoms with Crippen LogP contribution in [0.1, 0.15) is 21.5 Å². The van der Waals surface area contributed by atoms with Gasteiger partial charge < -0.3 is 10.2 Å². The highest BCUT2D eigenvalue weighted by molar-refractivity contribution is 5.91. The highest BCUT2D eigenvalue weighted by Crippen LogP contribution is 2.37. The zero-order valence-electron chi connectivity index (χ0n) is 9.19. The number of benzene rings is 1. The normalized spacial score (nSPS) is 11.5. The van der Waals surface area contributed by atoms with Crippen molar-refractivity contribution in [1.29, 1.82) is 0 Å². The van der Waals surface area contributed by atoms with E-state index in [-0.39, 0.29) is 0 Å². The van der Waals surface area contributed by atoms with E-state index in [9.17, 15) is 35.9 Å². The minimum absolute atomic E-state index is 1.55. The number of aromatic carboxylic acids is 1. The van der Waals surface area contributed by atoms with E-state index in [2.05, 4.69) is 0 Å². The van der Waals surface area contributed by atoms with Crippen LogP contribution in [-0.4, -0.2) is 22.2 Å². The molecule has 0 amide bonds. The summed E-state index contributed by atoms with van der Waals surface area (Å²) >= 11 is 0. The monoisotopic (exact) mass is 302 g/mol. The Kier molecular flexibility index (Phi) is 3.97. The largest absolute Gasteiger partial charge is 0.481 e. The molecule has 1 aromatic carbocycles. The quantitative estimate of drug-likeness (QED) is 0.664. The van der Waals surface area contributed by atoms with Gasteiger partial charge in [-0.1, -0.05) is 0 Å². The molecule has 10 heteroatoms. The standard InChI is InChI=1S/C10H4F6O4/c11-6-2(1-3(17)18)4(9(19)20)7(12)8(13)5(6)10(14,15)16/h1H2,(H,17,18)(H,19,20). The van der Waals surface area contributed by atoms with E-state index in [4.69, 9.17) is 10.2 Å². The van der Waals surface area contributed by atoms with Crippen molar-refractivity contribution in [3.63, 3.8) is 0 Å². The summed E-state index contributed by atoms with van der Waals surface area (Å²) in [6.45, 7) is 0. The Balaban J connectivity index is 3.83. The van der Waals surface area contributed by atoms with Crippen LogP contribution in [0.15, 0.2) is 0 Å². The lowest BCUT2D eigenvalue weighted by molar-refractivity contribution is -0.143. The van der Waals surface area contributed by atoms with Crippen molar-refractivity contribution in [1.82, 2.24) is 0 Å². The van der Waals surface area contributed by atoms with Gasteiger partial charge in [-0.05, 0) is 0 Å². The molecule has 0 saturated carbocycles. The van der Waals surface area contributed by atoms with E-state index in [1.807, 2.05) is 0 Å². The predicted molar refractivity (Wildman–Crippen MR) is 49.6 cm³/mol. The Morgan fingerprint density at radius 2 is 1.45 bits per heavy atom. The fourth-order valence-corrected chi connectivity index (χ4v) is 1.50. The summed E-state index contributed by atoms with van der Waals surface area (Å²) in [4.78, 5) is 21.0. The average molecular weight is 302 g/mol. The van der Waals surface area contributed by atoms with Gasteiger partial charge in [0.25, 0.3) is 0 Å². The zero-order chi connectivity index (χ0) is 15.8. The summed E-state index contributed by atoms with van der Waals surface area (Å²) in [6.07, 6.45) is -7.20. The van der Waals surface area contributed by atoms with Crippen molar-refractivity contribution in [2.75, 3.05) is 0 Å². The number of carboxylic acids is 2. The number of halogens is 6. The smallest absolute Gasteiger partial charge is 0.422 e. The van der Waals surface area contributed by atoms with Crippen LogP contribution in [0, 0.1) is 17.5 Å². The number of rotatable bonds is 3. The first-order chi connectivity index (χ1) is 8.98. The van der Waals surface area contributed by atoms with Gasteiger partial charge in [0.2, 0.25) is 0 Å². The van der Waals surface area contributed by atoms with Crippen molar-refractivity contribution < 1.29 is 46.1 Å². The number of aliphatic carboxylic acids is 1. The first kappa shape index (κ1) is 15.8. The van der Waals surface area contributed by atoms with E-state index in [0.717, 1.165) is 0 Å². The lowest BCUT2D eigenvalue weighted by atomic mass is 9.98. The third-order valence-corrected chi connectivity index (χ3v) is 2.24. The molecule has 2 N–H and O–H groups in total. The summed E-state index contributed by atoms with van der Waals surface area (Å²) in [5.74, 6) is -11.9. The Bertz CT molecular complexity index is 593. The Morgan fingerprint density at radius 3 is 1.80 bits per heavy atom. The lowest BCUT2D eigenvalue weighted by Gasteiger charge is -2.15. The summed E-state index contributed by atoms with van der Waals surface area (Å²) in [5.41, 5.74) is -6.04. The summed E-state index contributed by atoms with van der Waals surface area (Å²) in [6, 6.07) is 0. The van der Waals surface area contributed by atoms with E-state index < -0.39 is 58.7 Å². The Morgan fingerprint density at radius 1 is 0.950 bits per heavy atom. The maximum absolute atomic E-state index is 13.5. The van der Waals surface area contributed by atoms with Gasteiger partial charge in [-0.2, -0.15) is 13.2 Å². The first-order valence-electron chi connectivity index (χ1n) is 4.70. The van der Waals surface area contributed by atoms with Gasteiger partial charge >= 0.3 is 18.1 Å². The van der Waals surface area contributed by atoms with E-state index in [0.29, 0.717) is 0 Å². The van der Waals surface area contributed by atoms with Gasteiger partial charge in [-0.25, -0.2) is 18.0 Å². The number of carboxylic acid groups (broad SMARTS) is 2. The third kappa shape index (κ3) is 2.68. The van der Waals surface area contributed by atoms with Gasteiger partial charge in [0.15, 0.2) is 11.6 Å². The van der Waals surface area contributed by atoms with Gasteiger partial charge in [0.1, 0.15) is 16.9 Å². The molecule has 0 aliphatic heterocycles. The van der Waals surface area contributed by atoms with Gasteiger partial charge in [0, 0.05) is 5.56 Å². The van der Waals surface area contributed by atoms with Crippen molar-refractivity contribution in [2.45, 2.75) is 12.6 Å². The second-order valence-corrected chi connectivity index (χ2v) is 3.54. The molecule has 0 saturated heterocycles. The minimum Gasteiger partial charge on any atom is -0.481 e. The van der Waals surface area contributed by atoms with E-state index in [1.165, 1.54) is 0 Å². The molecule has 0 atom stereocenters. The van der Waals surface area contributed by atoms with Crippen LogP contribution in [0.25, 0.3) is 0 Å². The summed E-state index contributed by atoms with van der Waals surface area (Å²) < 4.78 is 77.2. The van der Waals surface area contributed by atoms with Gasteiger partial charge in [0.05, 0.1) is 6.42 Å². The lowest BCUT2D eigenvalue weighted by Crippen LogP contribution is -2.21. The molecule has 1 aromatic rings. The molecule has 20 heavy (non-hydrogen) atoms. The second-order valence-electron chi connectivity index (χ2n) is 3.54. The second kappa shape index (κ2) is 5.02. The molecule has 0 aliphatic carbocycles. The van der Waals surface area contributed by atoms with Crippen LogP contribution < -0.4 is 0 Å². The van der Waals surface area contributed by atoms with Gasteiger partial charge in [-0.15, -0.1) is 0 Å². The van der Waals surface area contributed by atoms with Crippen LogP contribution >= 0.6 is 0 Å². The molecule has 0 aliphatic rings. The maximum Gasteiger partial charge on any atom is 0.422 e. The SMILES string of the molecule is O=C(O)Cc1c(F)c(C(F)(F)F)c(F)c(F)c1C(=O)O. The Hall–Kier alpha value is -2.26. The van der Waals surface area contributed by atoms with Crippen LogP contribution in [-0.2, 0) is 17.4 Å². The average Bonchev–Trinajstić information content (AvgIpc) is 2.23. The van der Waals surface area contributed by atoms with Crippen molar-refractivity contribution in [3.8, 4) is 0 Å². The molecular weight excluding hydrogens is 298 g/mol. The van der Waals surface area contributed by atoms with Crippen molar-refractivity contribution in [2.24, 2.45) is 0 Å². The first-order valence-corrected chi connectivity index (χ1v) is 4.70. The molecule has 0 aromatic heterocycles. The topological polar surface area (TPSA) is 74.6 Å². The van der Waals surface area contributed by atoms with Gasteiger partial charge in [-0.3, -0.25) is 4.79 Å². The molecule has 0 unspecified atom stereocenters. The number of hydrogen-bond donors (Lipinski definition) is 2. The van der Waals surface area contributed by atoms with E-state index >= 15 is 0 Å². The highest BCUT2D eigenvalue weighted by Gasteiger charge is 2.43. The Labute approximate surface area is 106 Å². The molecule has 1 rings (SSSR count). The number of hydrogen-bond acceptors (Lipinski definition) is 2. The molecule has 0 heterocycles. The number of alkyl halides is 3. The summed E-state index contributed by atoms with van der Waals surface area (Å²) in [7, 11) is 0. The molecule has 110 valence electrons. The molecule has 4 nitrogen and oxygen atoms in total. The zero-order valence-corrected chi connectivity index (χ0v) is 9.19. The minimum atomic E-state index is -5.65. The molecular formula is C10H4F6O4. The van der Waals surface area contributed by atoms with E-state index in [1.54, 1.807) is 0 Å². The molecule has 0 bridgehead atoms. The third-order valence-electron chi connectivity index (χ3n) is 2.24. The fraction of sp³-hybridized carbons (Fsp3) is 0.200. The number of carbonyl (C=O) groups is 2. The predicted octanol–water partition coefficient (Wildman–Crippen LogP) is 2.45. The maximum atomic E-state index is 13.5. The van der Waals surface area contributed by atoms with Crippen LogP contribution in [0.3, 0.4) is 0 Å². The van der Waals surface area contributed by atoms with Crippen LogP contribution in [0.5, 0.6) is 0 Å². The molecule has 0 spiro atoms. The highest BCUT2D eigenvalue weighted by atomic mass is 19.4. The van der Waals surface area contributed by atoms with Crippen LogP contribution in [0.2, 0.25) is 0 Å². The summed E-state index contributed by atoms with van der Waals surface area (Å²) in [5, 5.41) is 16.9. The van der Waals surface area contributed by atoms with Crippen molar-refractivity contribution in [3.05, 3.63) is 34.1 Å². The fourth-order valence-electron chi connectivity index (χ4n) is 1.50. The molecule has 0 radical (unpaired) electrons. The molecule has 0 fully saturated rings.